The van der Waals surface area contributed by atoms with Crippen LogP contribution in [0.1, 0.15) is 48.3 Å². The maximum atomic E-state index is 13.1. The minimum atomic E-state index is -0.637. The van der Waals surface area contributed by atoms with Gasteiger partial charge < -0.3 is 20.1 Å². The van der Waals surface area contributed by atoms with Crippen LogP contribution < -0.4 is 15.4 Å². The number of hydrogen-bond donors (Lipinski definition) is 3. The molecule has 0 unspecified atom stereocenters. The second-order valence-electron chi connectivity index (χ2n) is 8.65. The lowest BCUT2D eigenvalue weighted by Gasteiger charge is -2.13. The number of aryl methyl sites for hydroxylation is 1. The molecule has 0 radical (unpaired) electrons. The first-order valence-electron chi connectivity index (χ1n) is 10.8. The lowest BCUT2D eigenvalue weighted by Crippen LogP contribution is -2.46. The molecule has 2 amide bonds. The molecular weight excluding hydrogens is 414 g/mol. The van der Waals surface area contributed by atoms with Crippen LogP contribution in [0.25, 0.3) is 11.7 Å². The first kappa shape index (κ1) is 23.5. The molecule has 0 spiro atoms. The molecule has 1 aliphatic carbocycles. The Morgan fingerprint density at radius 3 is 2.69 bits per heavy atom. The topological polar surface area (TPSA) is 120 Å². The van der Waals surface area contributed by atoms with Gasteiger partial charge in [-0.25, -0.2) is 9.89 Å². The maximum absolute atomic E-state index is 13.1. The molecule has 0 saturated heterocycles. The van der Waals surface area contributed by atoms with E-state index in [0.717, 1.165) is 12.8 Å². The number of aromatic nitrogens is 3. The molecular formula is C22H32N5O5+. The Labute approximate surface area is 186 Å². The zero-order valence-corrected chi connectivity index (χ0v) is 19.3. The number of amides is 2. The van der Waals surface area contributed by atoms with Gasteiger partial charge in [0, 0.05) is 32.8 Å². The molecule has 2 aromatic rings. The van der Waals surface area contributed by atoms with E-state index >= 15 is 0 Å². The van der Waals surface area contributed by atoms with Crippen molar-refractivity contribution in [1.29, 1.82) is 0 Å². The highest BCUT2D eigenvalue weighted by molar-refractivity contribution is 5.96. The number of nitrogens with one attached hydrogen (secondary N) is 2. The van der Waals surface area contributed by atoms with Gasteiger partial charge in [0.25, 0.3) is 5.91 Å². The second-order valence-corrected chi connectivity index (χ2v) is 8.65. The molecule has 1 aliphatic rings. The van der Waals surface area contributed by atoms with Gasteiger partial charge in [0.15, 0.2) is 0 Å². The summed E-state index contributed by atoms with van der Waals surface area (Å²) in [7, 11) is 3.24. The summed E-state index contributed by atoms with van der Waals surface area (Å²) in [4.78, 5) is 39.8. The number of nitrogens with zero attached hydrogens (tertiary/aromatic N) is 3. The minimum absolute atomic E-state index is 0.0468. The van der Waals surface area contributed by atoms with Crippen molar-refractivity contribution in [1.82, 2.24) is 19.8 Å². The van der Waals surface area contributed by atoms with E-state index in [1.165, 1.54) is 15.5 Å². The number of likely N-dealkylation sites (N-methyl/N-ethyl adjacent to an activating group) is 1. The molecule has 2 aromatic heterocycles. The fourth-order valence-electron chi connectivity index (χ4n) is 3.47. The molecule has 0 aliphatic heterocycles. The molecule has 10 nitrogen and oxygen atoms in total. The number of aromatic amines is 1. The summed E-state index contributed by atoms with van der Waals surface area (Å²) < 4.78 is 7.82. The van der Waals surface area contributed by atoms with Gasteiger partial charge in [-0.05, 0) is 31.8 Å². The molecule has 32 heavy (non-hydrogen) atoms. The first-order chi connectivity index (χ1) is 15.1. The second kappa shape index (κ2) is 9.56. The average Bonchev–Trinajstić information content (AvgIpc) is 3.48. The SMILES string of the molecule is COCCN(C)C(=O)/C=C/c1c(C)[nH]n2c(=O)c(C(=O)NC3CC3)c(O)[n+](CC(C)C)c12. The van der Waals surface area contributed by atoms with Crippen LogP contribution in [0.3, 0.4) is 0 Å². The highest BCUT2D eigenvalue weighted by Crippen LogP contribution is 2.21. The molecule has 3 N–H and O–H groups in total. The zero-order chi connectivity index (χ0) is 23.6. The van der Waals surface area contributed by atoms with E-state index < -0.39 is 11.5 Å². The Hall–Kier alpha value is -3.14. The lowest BCUT2D eigenvalue weighted by molar-refractivity contribution is -0.686. The summed E-state index contributed by atoms with van der Waals surface area (Å²) in [5.41, 5.74) is 0.678. The highest BCUT2D eigenvalue weighted by Gasteiger charge is 2.34. The molecule has 0 atom stereocenters. The van der Waals surface area contributed by atoms with Crippen LogP contribution in [-0.2, 0) is 16.1 Å². The fourth-order valence-corrected chi connectivity index (χ4v) is 3.47. The average molecular weight is 447 g/mol. The predicted molar refractivity (Wildman–Crippen MR) is 118 cm³/mol. The maximum Gasteiger partial charge on any atom is 0.378 e. The first-order valence-corrected chi connectivity index (χ1v) is 10.8. The molecule has 174 valence electrons. The highest BCUT2D eigenvalue weighted by atomic mass is 16.5. The van der Waals surface area contributed by atoms with E-state index in [9.17, 15) is 19.5 Å². The van der Waals surface area contributed by atoms with Gasteiger partial charge >= 0.3 is 17.1 Å². The number of methoxy groups -OCH3 is 1. The Kier molecular flexibility index (Phi) is 7.02. The fraction of sp³-hybridized carbons (Fsp3) is 0.545. The van der Waals surface area contributed by atoms with Gasteiger partial charge in [-0.2, -0.15) is 4.57 Å². The quantitative estimate of drug-likeness (QED) is 0.385. The predicted octanol–water partition coefficient (Wildman–Crippen LogP) is 0.595. The number of ether oxygens (including phenoxy) is 1. The van der Waals surface area contributed by atoms with Gasteiger partial charge in [-0.3, -0.25) is 9.59 Å². The normalized spacial score (nSPS) is 13.9. The number of aromatic hydroxyl groups is 1. The molecule has 0 aromatic carbocycles. The molecule has 3 rings (SSSR count). The van der Waals surface area contributed by atoms with Gasteiger partial charge in [0.2, 0.25) is 11.5 Å². The summed E-state index contributed by atoms with van der Waals surface area (Å²) >= 11 is 0. The Balaban J connectivity index is 2.11. The number of H-pyrrole nitrogens is 1. The Morgan fingerprint density at radius 1 is 1.41 bits per heavy atom. The molecule has 10 heteroatoms. The monoisotopic (exact) mass is 446 g/mol. The van der Waals surface area contributed by atoms with Crippen molar-refractivity contribution in [2.75, 3.05) is 27.3 Å². The zero-order valence-electron chi connectivity index (χ0n) is 19.3. The third-order valence-corrected chi connectivity index (χ3v) is 5.38. The molecule has 2 heterocycles. The van der Waals surface area contributed by atoms with E-state index in [2.05, 4.69) is 10.4 Å². The third-order valence-electron chi connectivity index (χ3n) is 5.38. The minimum Gasteiger partial charge on any atom is -0.477 e. The summed E-state index contributed by atoms with van der Waals surface area (Å²) in [5.74, 6) is -1.05. The Bertz CT molecular complexity index is 1110. The van der Waals surface area contributed by atoms with Crippen LogP contribution in [0.15, 0.2) is 10.9 Å². The van der Waals surface area contributed by atoms with Crippen molar-refractivity contribution in [3.05, 3.63) is 33.3 Å². The smallest absolute Gasteiger partial charge is 0.378 e. The van der Waals surface area contributed by atoms with Crippen LogP contribution >= 0.6 is 0 Å². The van der Waals surface area contributed by atoms with Crippen molar-refractivity contribution in [2.24, 2.45) is 5.92 Å². The van der Waals surface area contributed by atoms with Crippen molar-refractivity contribution in [3.8, 4) is 5.88 Å². The van der Waals surface area contributed by atoms with Crippen LogP contribution in [0, 0.1) is 12.8 Å². The number of carbonyl (C=O) groups excluding carboxylic acids is 2. The van der Waals surface area contributed by atoms with Crippen molar-refractivity contribution in [3.63, 3.8) is 0 Å². The summed E-state index contributed by atoms with van der Waals surface area (Å²) in [5, 5.41) is 16.7. The van der Waals surface area contributed by atoms with Crippen LogP contribution in [-0.4, -0.2) is 64.8 Å². The van der Waals surface area contributed by atoms with Gasteiger partial charge in [0.05, 0.1) is 24.4 Å². The Morgan fingerprint density at radius 2 is 2.09 bits per heavy atom. The van der Waals surface area contributed by atoms with E-state index in [1.54, 1.807) is 31.7 Å². The van der Waals surface area contributed by atoms with Crippen LogP contribution in [0.4, 0.5) is 0 Å². The van der Waals surface area contributed by atoms with Crippen molar-refractivity contribution < 1.29 is 24.0 Å². The van der Waals surface area contributed by atoms with Gasteiger partial charge in [-0.1, -0.05) is 18.4 Å². The standard InChI is InChI=1S/C22H31N5O5/c1-13(2)12-26-20-16(8-9-17(28)25(4)10-11-32-5)14(3)24-27(20)22(31)18(21(26)30)19(29)23-15-6-7-15/h8-9,13,15H,6-7,10-12H2,1-5H3,(H2,23,29,30,31)/p+1/b9-8+. The third kappa shape index (κ3) is 4.85. The van der Waals surface area contributed by atoms with E-state index in [1.807, 2.05) is 13.8 Å². The molecule has 1 saturated carbocycles. The number of fused-ring (bicyclic) bond motifs is 1. The molecule has 0 bridgehead atoms. The summed E-state index contributed by atoms with van der Waals surface area (Å²) in [6.07, 6.45) is 4.77. The van der Waals surface area contributed by atoms with Gasteiger partial charge in [0.1, 0.15) is 0 Å². The van der Waals surface area contributed by atoms with E-state index in [0.29, 0.717) is 36.6 Å². The molecule has 1 fully saturated rings. The van der Waals surface area contributed by atoms with E-state index in [4.69, 9.17) is 4.74 Å². The van der Waals surface area contributed by atoms with Crippen LogP contribution in [0.2, 0.25) is 0 Å². The number of rotatable bonds is 9. The lowest BCUT2D eigenvalue weighted by atomic mass is 10.1. The summed E-state index contributed by atoms with van der Waals surface area (Å²) in [6.45, 7) is 6.96. The summed E-state index contributed by atoms with van der Waals surface area (Å²) in [6, 6.07) is 0.0468. The van der Waals surface area contributed by atoms with Crippen LogP contribution in [0.5, 0.6) is 5.88 Å². The van der Waals surface area contributed by atoms with Crippen molar-refractivity contribution >= 4 is 23.5 Å². The van der Waals surface area contributed by atoms with E-state index in [-0.39, 0.29) is 29.3 Å². The largest absolute Gasteiger partial charge is 0.477 e. The van der Waals surface area contributed by atoms with Gasteiger partial charge in [-0.15, -0.1) is 0 Å². The number of hydrogen-bond acceptors (Lipinski definition) is 5. The van der Waals surface area contributed by atoms with Crippen molar-refractivity contribution in [2.45, 2.75) is 46.2 Å². The number of carbonyl (C=O) groups is 2.